The third kappa shape index (κ3) is 3.17. The van der Waals surface area contributed by atoms with Crippen molar-refractivity contribution in [1.29, 1.82) is 0 Å². The molecule has 0 aromatic heterocycles. The van der Waals surface area contributed by atoms with E-state index in [1.54, 1.807) is 13.8 Å². The third-order valence-electron chi connectivity index (χ3n) is 4.59. The highest BCUT2D eigenvalue weighted by molar-refractivity contribution is 5.87. The zero-order valence-electron chi connectivity index (χ0n) is 14.3. The minimum Gasteiger partial charge on any atom is -0.464 e. The second-order valence-electron chi connectivity index (χ2n) is 6.08. The lowest BCUT2D eigenvalue weighted by atomic mass is 9.75. The standard InChI is InChI=1S/C16H27NO6/c1-5-20-13(18)15(17-14(19)21-6-2)9-7-8-10-16(15)22-11(3)12(4)23-16/h11-12H,5-10H2,1-4H3,(H,17,19)/t11-,12-,15?/m1/s1. The molecule has 2 fully saturated rings. The van der Waals surface area contributed by atoms with Gasteiger partial charge in [-0.1, -0.05) is 6.42 Å². The van der Waals surface area contributed by atoms with Gasteiger partial charge in [0, 0.05) is 6.42 Å². The van der Waals surface area contributed by atoms with E-state index in [0.717, 1.165) is 12.8 Å². The van der Waals surface area contributed by atoms with Gasteiger partial charge in [-0.2, -0.15) is 0 Å². The Morgan fingerprint density at radius 3 is 2.17 bits per heavy atom. The van der Waals surface area contributed by atoms with Gasteiger partial charge in [0.2, 0.25) is 5.79 Å². The maximum absolute atomic E-state index is 12.8. The first-order valence-electron chi connectivity index (χ1n) is 8.38. The van der Waals surface area contributed by atoms with Crippen LogP contribution in [0, 0.1) is 0 Å². The van der Waals surface area contributed by atoms with E-state index < -0.39 is 23.4 Å². The Bertz CT molecular complexity index is 444. The molecule has 0 bridgehead atoms. The predicted octanol–water partition coefficient (Wildman–Crippen LogP) is 2.13. The summed E-state index contributed by atoms with van der Waals surface area (Å²) in [4.78, 5) is 24.9. The molecule has 1 saturated carbocycles. The number of alkyl carbamates (subject to hydrolysis) is 1. The summed E-state index contributed by atoms with van der Waals surface area (Å²) in [5.41, 5.74) is -1.38. The number of hydrogen-bond donors (Lipinski definition) is 1. The van der Waals surface area contributed by atoms with Crippen LogP contribution in [0.15, 0.2) is 0 Å². The average molecular weight is 329 g/mol. The van der Waals surface area contributed by atoms with Crippen LogP contribution in [-0.2, 0) is 23.7 Å². The maximum Gasteiger partial charge on any atom is 0.408 e. The monoisotopic (exact) mass is 329 g/mol. The Morgan fingerprint density at radius 2 is 1.61 bits per heavy atom. The van der Waals surface area contributed by atoms with Gasteiger partial charge in [-0.25, -0.2) is 9.59 Å². The van der Waals surface area contributed by atoms with E-state index in [0.29, 0.717) is 12.8 Å². The van der Waals surface area contributed by atoms with Gasteiger partial charge in [0.05, 0.1) is 25.4 Å². The largest absolute Gasteiger partial charge is 0.464 e. The van der Waals surface area contributed by atoms with Gasteiger partial charge in [0.1, 0.15) is 0 Å². The van der Waals surface area contributed by atoms with Gasteiger partial charge < -0.3 is 24.3 Å². The Labute approximate surface area is 137 Å². The highest BCUT2D eigenvalue weighted by atomic mass is 16.8. The van der Waals surface area contributed by atoms with Gasteiger partial charge in [-0.15, -0.1) is 0 Å². The van der Waals surface area contributed by atoms with Crippen molar-refractivity contribution in [3.8, 4) is 0 Å². The first kappa shape index (κ1) is 18.0. The predicted molar refractivity (Wildman–Crippen MR) is 81.8 cm³/mol. The van der Waals surface area contributed by atoms with E-state index in [-0.39, 0.29) is 25.4 Å². The van der Waals surface area contributed by atoms with Crippen molar-refractivity contribution in [3.05, 3.63) is 0 Å². The van der Waals surface area contributed by atoms with Crippen molar-refractivity contribution >= 4 is 12.1 Å². The van der Waals surface area contributed by atoms with E-state index in [1.807, 2.05) is 13.8 Å². The molecular weight excluding hydrogens is 302 g/mol. The maximum atomic E-state index is 12.8. The molecule has 0 aromatic carbocycles. The van der Waals surface area contributed by atoms with Crippen LogP contribution in [-0.4, -0.2) is 48.8 Å². The highest BCUT2D eigenvalue weighted by Crippen LogP contribution is 2.47. The lowest BCUT2D eigenvalue weighted by Crippen LogP contribution is -2.71. The second-order valence-corrected chi connectivity index (χ2v) is 6.08. The molecular formula is C16H27NO6. The first-order valence-corrected chi connectivity index (χ1v) is 8.38. The van der Waals surface area contributed by atoms with E-state index in [2.05, 4.69) is 5.32 Å². The van der Waals surface area contributed by atoms with Crippen LogP contribution in [0.2, 0.25) is 0 Å². The fourth-order valence-corrected chi connectivity index (χ4v) is 3.35. The zero-order chi connectivity index (χ0) is 17.1. The molecule has 2 rings (SSSR count). The van der Waals surface area contributed by atoms with Crippen LogP contribution in [0.3, 0.4) is 0 Å². The fourth-order valence-electron chi connectivity index (χ4n) is 3.35. The summed E-state index contributed by atoms with van der Waals surface area (Å²) in [6.45, 7) is 7.66. The molecule has 1 unspecified atom stereocenters. The molecule has 1 N–H and O–H groups in total. The van der Waals surface area contributed by atoms with Gasteiger partial charge >= 0.3 is 12.1 Å². The SMILES string of the molecule is CCOC(=O)NC1(C(=O)OCC)CCCCC12O[C@H](C)[C@@H](C)O2. The number of esters is 1. The summed E-state index contributed by atoms with van der Waals surface area (Å²) in [6.07, 6.45) is 1.52. The fraction of sp³-hybridized carbons (Fsp3) is 0.875. The van der Waals surface area contributed by atoms with Gasteiger partial charge in [-0.05, 0) is 40.5 Å². The highest BCUT2D eigenvalue weighted by Gasteiger charge is 2.66. The molecule has 3 atom stereocenters. The van der Waals surface area contributed by atoms with Gasteiger partial charge in [0.15, 0.2) is 5.54 Å². The molecule has 1 spiro atoms. The molecule has 0 radical (unpaired) electrons. The molecule has 7 nitrogen and oxygen atoms in total. The number of hydrogen-bond acceptors (Lipinski definition) is 6. The van der Waals surface area contributed by atoms with E-state index >= 15 is 0 Å². The normalized spacial score (nSPS) is 32.5. The van der Waals surface area contributed by atoms with Crippen molar-refractivity contribution in [3.63, 3.8) is 0 Å². The van der Waals surface area contributed by atoms with Gasteiger partial charge in [-0.3, -0.25) is 0 Å². The number of carbonyl (C=O) groups is 2. The number of nitrogens with one attached hydrogen (secondary N) is 1. The summed E-state index contributed by atoms with van der Waals surface area (Å²) >= 11 is 0. The van der Waals surface area contributed by atoms with E-state index in [4.69, 9.17) is 18.9 Å². The summed E-state index contributed by atoms with van der Waals surface area (Å²) in [7, 11) is 0. The minimum atomic E-state index is -1.38. The molecule has 1 amide bonds. The van der Waals surface area contributed by atoms with Crippen molar-refractivity contribution in [1.82, 2.24) is 5.32 Å². The number of carbonyl (C=O) groups excluding carboxylic acids is 2. The Morgan fingerprint density at radius 1 is 1.04 bits per heavy atom. The van der Waals surface area contributed by atoms with Crippen LogP contribution in [0.4, 0.5) is 4.79 Å². The average Bonchev–Trinajstić information content (AvgIpc) is 2.78. The minimum absolute atomic E-state index is 0.175. The van der Waals surface area contributed by atoms with Crippen LogP contribution >= 0.6 is 0 Å². The van der Waals surface area contributed by atoms with E-state index in [9.17, 15) is 9.59 Å². The van der Waals surface area contributed by atoms with Crippen molar-refractivity contribution < 1.29 is 28.5 Å². The van der Waals surface area contributed by atoms with Gasteiger partial charge in [0.25, 0.3) is 0 Å². The molecule has 2 aliphatic rings. The molecule has 23 heavy (non-hydrogen) atoms. The van der Waals surface area contributed by atoms with Crippen LogP contribution in [0.25, 0.3) is 0 Å². The lowest BCUT2D eigenvalue weighted by molar-refractivity contribution is -0.246. The molecule has 1 aliphatic carbocycles. The first-order chi connectivity index (χ1) is 10.9. The number of amides is 1. The Hall–Kier alpha value is -1.34. The van der Waals surface area contributed by atoms with Crippen molar-refractivity contribution in [2.45, 2.75) is 76.9 Å². The smallest absolute Gasteiger partial charge is 0.408 e. The summed E-state index contributed by atoms with van der Waals surface area (Å²) in [5.74, 6) is -1.74. The molecule has 0 aromatic rings. The topological polar surface area (TPSA) is 83.1 Å². The molecule has 132 valence electrons. The van der Waals surface area contributed by atoms with Crippen LogP contribution < -0.4 is 5.32 Å². The summed E-state index contributed by atoms with van der Waals surface area (Å²) < 4.78 is 22.4. The summed E-state index contributed by atoms with van der Waals surface area (Å²) in [6, 6.07) is 0. The van der Waals surface area contributed by atoms with E-state index in [1.165, 1.54) is 0 Å². The molecule has 1 saturated heterocycles. The van der Waals surface area contributed by atoms with Crippen LogP contribution in [0.5, 0.6) is 0 Å². The zero-order valence-corrected chi connectivity index (χ0v) is 14.3. The lowest BCUT2D eigenvalue weighted by Gasteiger charge is -2.47. The van der Waals surface area contributed by atoms with Crippen molar-refractivity contribution in [2.24, 2.45) is 0 Å². The molecule has 1 heterocycles. The number of rotatable bonds is 4. The summed E-state index contributed by atoms with van der Waals surface area (Å²) in [5, 5.41) is 2.71. The van der Waals surface area contributed by atoms with Crippen LogP contribution in [0.1, 0.15) is 53.4 Å². The molecule has 7 heteroatoms. The molecule has 1 aliphatic heterocycles. The third-order valence-corrected chi connectivity index (χ3v) is 4.59. The quantitative estimate of drug-likeness (QED) is 0.796. The van der Waals surface area contributed by atoms with Crippen molar-refractivity contribution in [2.75, 3.05) is 13.2 Å². The Balaban J connectivity index is 2.39. The number of ether oxygens (including phenoxy) is 4. The second kappa shape index (κ2) is 7.05. The Kier molecular flexibility index (Phi) is 5.52.